The Kier molecular flexibility index (Phi) is 7.61. The van der Waals surface area contributed by atoms with Gasteiger partial charge in [-0.25, -0.2) is 18.2 Å². The predicted molar refractivity (Wildman–Crippen MR) is 142 cm³/mol. The van der Waals surface area contributed by atoms with Gasteiger partial charge in [-0.15, -0.1) is 0 Å². The number of sulfone groups is 1. The monoisotopic (exact) mass is 577 g/mol. The van der Waals surface area contributed by atoms with Gasteiger partial charge in [0.1, 0.15) is 5.82 Å². The van der Waals surface area contributed by atoms with Gasteiger partial charge in [0.2, 0.25) is 0 Å². The van der Waals surface area contributed by atoms with E-state index >= 15 is 0 Å². The first-order chi connectivity index (χ1) is 17.5. The summed E-state index contributed by atoms with van der Waals surface area (Å²) in [5, 5.41) is 0.824. The fraction of sp³-hybridized carbons (Fsp3) is 0.0800. The average molecular weight is 579 g/mol. The van der Waals surface area contributed by atoms with Crippen LogP contribution in [0.2, 0.25) is 15.1 Å². The van der Waals surface area contributed by atoms with Gasteiger partial charge in [0.25, 0.3) is 5.91 Å². The van der Waals surface area contributed by atoms with Crippen molar-refractivity contribution in [1.29, 1.82) is 0 Å². The zero-order valence-corrected chi connectivity index (χ0v) is 22.2. The molecular formula is C25H18Cl3N3O5S. The van der Waals surface area contributed by atoms with Gasteiger partial charge in [0, 0.05) is 12.5 Å². The molecule has 4 aromatic rings. The Labute approximate surface area is 227 Å². The Balaban J connectivity index is 1.84. The first-order valence-corrected chi connectivity index (χ1v) is 13.6. The fourth-order valence-corrected chi connectivity index (χ4v) is 5.05. The van der Waals surface area contributed by atoms with Crippen molar-refractivity contribution < 1.29 is 22.7 Å². The minimum atomic E-state index is -3.40. The van der Waals surface area contributed by atoms with E-state index < -0.39 is 28.3 Å². The van der Waals surface area contributed by atoms with E-state index in [0.29, 0.717) is 22.4 Å². The van der Waals surface area contributed by atoms with Crippen molar-refractivity contribution in [2.75, 3.05) is 12.9 Å². The molecule has 4 rings (SSSR count). The van der Waals surface area contributed by atoms with Gasteiger partial charge in [-0.2, -0.15) is 0 Å². The molecule has 1 heterocycles. The molecule has 0 saturated heterocycles. The van der Waals surface area contributed by atoms with Crippen LogP contribution in [0, 0.1) is 0 Å². The highest BCUT2D eigenvalue weighted by atomic mass is 35.5. The van der Waals surface area contributed by atoms with Crippen LogP contribution in [0.4, 0.5) is 0 Å². The number of carbonyl (C=O) groups is 2. The zero-order chi connectivity index (χ0) is 26.9. The van der Waals surface area contributed by atoms with Crippen LogP contribution in [0.5, 0.6) is 0 Å². The third-order valence-corrected chi connectivity index (χ3v) is 7.29. The van der Waals surface area contributed by atoms with Crippen molar-refractivity contribution >= 4 is 56.5 Å². The highest BCUT2D eigenvalue weighted by Gasteiger charge is 2.23. The van der Waals surface area contributed by atoms with Crippen LogP contribution in [-0.2, 0) is 19.4 Å². The Morgan fingerprint density at radius 2 is 1.59 bits per heavy atom. The number of ether oxygens (including phenoxy) is 1. The fourth-order valence-electron chi connectivity index (χ4n) is 3.55. The molecule has 1 aromatic heterocycles. The molecule has 0 atom stereocenters. The number of primary amides is 1. The Hall–Kier alpha value is -3.37. The van der Waals surface area contributed by atoms with Gasteiger partial charge < -0.3 is 10.5 Å². The van der Waals surface area contributed by atoms with E-state index in [1.807, 2.05) is 0 Å². The number of rotatable bonds is 7. The molecule has 0 fully saturated rings. The van der Waals surface area contributed by atoms with Crippen LogP contribution in [0.25, 0.3) is 28.2 Å². The summed E-state index contributed by atoms with van der Waals surface area (Å²) in [6.07, 6.45) is 2.51. The Bertz CT molecular complexity index is 1630. The molecule has 0 unspecified atom stereocenters. The van der Waals surface area contributed by atoms with E-state index in [-0.39, 0.29) is 31.5 Å². The van der Waals surface area contributed by atoms with E-state index in [2.05, 4.69) is 4.98 Å². The maximum Gasteiger partial charge on any atom is 0.359 e. The highest BCUT2D eigenvalue weighted by molar-refractivity contribution is 7.90. The van der Waals surface area contributed by atoms with Crippen molar-refractivity contribution in [3.8, 4) is 28.2 Å². The van der Waals surface area contributed by atoms with Crippen LogP contribution in [-0.4, -0.2) is 42.7 Å². The number of hydrogen-bond acceptors (Lipinski definition) is 6. The normalized spacial score (nSPS) is 11.4. The quantitative estimate of drug-likeness (QED) is 0.300. The molecule has 37 heavy (non-hydrogen) atoms. The summed E-state index contributed by atoms with van der Waals surface area (Å²) in [7, 11) is -3.40. The van der Waals surface area contributed by atoms with Crippen LogP contribution in [0.15, 0.2) is 71.8 Å². The summed E-state index contributed by atoms with van der Waals surface area (Å²) in [5.41, 5.74) is 7.02. The maximum atomic E-state index is 12.5. The Morgan fingerprint density at radius 1 is 0.946 bits per heavy atom. The van der Waals surface area contributed by atoms with Gasteiger partial charge in [0.15, 0.2) is 22.1 Å². The van der Waals surface area contributed by atoms with Gasteiger partial charge in [-0.05, 0) is 47.5 Å². The molecule has 12 heteroatoms. The molecule has 0 spiro atoms. The minimum absolute atomic E-state index is 0.131. The van der Waals surface area contributed by atoms with Crippen LogP contribution >= 0.6 is 34.8 Å². The molecule has 8 nitrogen and oxygen atoms in total. The van der Waals surface area contributed by atoms with Crippen molar-refractivity contribution in [3.63, 3.8) is 0 Å². The third-order valence-electron chi connectivity index (χ3n) is 5.25. The van der Waals surface area contributed by atoms with Crippen LogP contribution in [0.3, 0.4) is 0 Å². The third kappa shape index (κ3) is 5.80. The summed E-state index contributed by atoms with van der Waals surface area (Å²) in [6.45, 7) is -0.615. The molecule has 0 bridgehead atoms. The molecule has 2 N–H and O–H groups in total. The zero-order valence-electron chi connectivity index (χ0n) is 19.1. The number of amides is 1. The molecule has 0 saturated carbocycles. The molecule has 0 aliphatic heterocycles. The largest absolute Gasteiger partial charge is 0.451 e. The molecule has 190 valence electrons. The number of nitrogens with zero attached hydrogens (tertiary/aromatic N) is 2. The second kappa shape index (κ2) is 10.5. The number of halogens is 3. The highest BCUT2D eigenvalue weighted by Crippen LogP contribution is 2.37. The number of nitrogens with two attached hydrogens (primary N) is 1. The second-order valence-corrected chi connectivity index (χ2v) is 11.2. The summed E-state index contributed by atoms with van der Waals surface area (Å²) in [5.74, 6) is -1.50. The first-order valence-electron chi connectivity index (χ1n) is 10.6. The molecule has 0 aliphatic rings. The Morgan fingerprint density at radius 3 is 2.22 bits per heavy atom. The number of esters is 1. The number of imidazole rings is 1. The van der Waals surface area contributed by atoms with Gasteiger partial charge >= 0.3 is 5.97 Å². The van der Waals surface area contributed by atoms with E-state index in [1.54, 1.807) is 54.6 Å². The predicted octanol–water partition coefficient (Wildman–Crippen LogP) is 5.21. The lowest BCUT2D eigenvalue weighted by atomic mass is 10.1. The van der Waals surface area contributed by atoms with Crippen LogP contribution in [0.1, 0.15) is 10.5 Å². The van der Waals surface area contributed by atoms with Crippen LogP contribution < -0.4 is 5.73 Å². The molecule has 1 amide bonds. The van der Waals surface area contributed by atoms with Crippen molar-refractivity contribution in [3.05, 3.63) is 87.6 Å². The topological polar surface area (TPSA) is 121 Å². The van der Waals surface area contributed by atoms with E-state index in [9.17, 15) is 18.0 Å². The molecule has 0 aliphatic carbocycles. The van der Waals surface area contributed by atoms with Gasteiger partial charge in [-0.1, -0.05) is 59.1 Å². The van der Waals surface area contributed by atoms with E-state index in [1.165, 1.54) is 16.8 Å². The van der Waals surface area contributed by atoms with Crippen molar-refractivity contribution in [2.45, 2.75) is 4.90 Å². The number of carbonyl (C=O) groups excluding carboxylic acids is 2. The SMILES string of the molecule is CS(=O)(=O)c1cccc(-c2ccc(-n3cc(C(=O)OCC(N)=O)nc3-c3c(Cl)cccc3Cl)c(Cl)c2)c1. The molecule has 0 radical (unpaired) electrons. The van der Waals surface area contributed by atoms with E-state index in [0.717, 1.165) is 6.26 Å². The average Bonchev–Trinajstić information content (AvgIpc) is 3.26. The number of hydrogen-bond donors (Lipinski definition) is 1. The molecular weight excluding hydrogens is 561 g/mol. The van der Waals surface area contributed by atoms with E-state index in [4.69, 9.17) is 45.3 Å². The lowest BCUT2D eigenvalue weighted by Crippen LogP contribution is -2.21. The van der Waals surface area contributed by atoms with Gasteiger partial charge in [0.05, 0.1) is 31.2 Å². The van der Waals surface area contributed by atoms with Crippen molar-refractivity contribution in [2.24, 2.45) is 5.73 Å². The van der Waals surface area contributed by atoms with Gasteiger partial charge in [-0.3, -0.25) is 9.36 Å². The maximum absolute atomic E-state index is 12.5. The summed E-state index contributed by atoms with van der Waals surface area (Å²) >= 11 is 19.5. The minimum Gasteiger partial charge on any atom is -0.451 e. The standard InChI is InChI=1S/C25H18Cl3N3O5S/c1-37(34,35)16-5-2-4-14(10-16)15-8-9-21(19(28)11-15)31-12-20(25(33)36-13-22(29)32)30-24(31)23-17(26)6-3-7-18(23)27/h2-12H,13H2,1H3,(H2,29,32). The lowest BCUT2D eigenvalue weighted by Gasteiger charge is -2.13. The number of aromatic nitrogens is 2. The lowest BCUT2D eigenvalue weighted by molar-refractivity contribution is -0.121. The summed E-state index contributed by atoms with van der Waals surface area (Å²) < 4.78 is 30.4. The first kappa shape index (κ1) is 26.7. The summed E-state index contributed by atoms with van der Waals surface area (Å²) in [4.78, 5) is 28.1. The molecule has 3 aromatic carbocycles. The number of benzene rings is 3. The summed E-state index contributed by atoms with van der Waals surface area (Å²) in [6, 6.07) is 16.4. The second-order valence-electron chi connectivity index (χ2n) is 7.93. The smallest absolute Gasteiger partial charge is 0.359 e. The van der Waals surface area contributed by atoms with Crippen molar-refractivity contribution in [1.82, 2.24) is 9.55 Å².